The lowest BCUT2D eigenvalue weighted by Crippen LogP contribution is -2.52. The van der Waals surface area contributed by atoms with Gasteiger partial charge in [0.1, 0.15) is 30.2 Å². The van der Waals surface area contributed by atoms with Crippen LogP contribution in [0, 0.1) is 0 Å². The Morgan fingerprint density at radius 2 is 2.09 bits per heavy atom. The number of nitrogens with zero attached hydrogens (tertiary/aromatic N) is 2. The van der Waals surface area contributed by atoms with Crippen LogP contribution in [0.1, 0.15) is 13.2 Å². The van der Waals surface area contributed by atoms with Crippen molar-refractivity contribution < 1.29 is 29.6 Å². The zero-order valence-electron chi connectivity index (χ0n) is 11.7. The van der Waals surface area contributed by atoms with Gasteiger partial charge in [-0.05, 0) is 13.0 Å². The SMILES string of the molecule is C[C@@]1(F)[C@H](O)[C@H](O)[C@H](O)[C@@H](CO)O[C@H]1n1ccc(N)nc1=O. The molecular weight excluding hydrogens is 301 g/mol. The Morgan fingerprint density at radius 1 is 1.45 bits per heavy atom. The van der Waals surface area contributed by atoms with E-state index < -0.39 is 48.6 Å². The molecule has 2 rings (SSSR count). The van der Waals surface area contributed by atoms with Crippen LogP contribution < -0.4 is 11.4 Å². The maximum absolute atomic E-state index is 14.9. The molecule has 10 heteroatoms. The highest BCUT2D eigenvalue weighted by Crippen LogP contribution is 2.37. The van der Waals surface area contributed by atoms with E-state index in [1.807, 2.05) is 0 Å². The number of nitrogen functional groups attached to an aromatic ring is 1. The number of ether oxygens (including phenoxy) is 1. The maximum atomic E-state index is 14.9. The number of aliphatic hydroxyl groups excluding tert-OH is 4. The van der Waals surface area contributed by atoms with Crippen LogP contribution in [0.4, 0.5) is 10.2 Å². The Labute approximate surface area is 124 Å². The molecule has 6 atom stereocenters. The van der Waals surface area contributed by atoms with Crippen LogP contribution >= 0.6 is 0 Å². The molecule has 1 fully saturated rings. The van der Waals surface area contributed by atoms with Crippen molar-refractivity contribution in [3.8, 4) is 0 Å². The number of halogens is 1. The molecule has 1 aliphatic heterocycles. The predicted octanol–water partition coefficient (Wildman–Crippen LogP) is -2.47. The van der Waals surface area contributed by atoms with E-state index in [2.05, 4.69) is 4.98 Å². The second kappa shape index (κ2) is 5.89. The van der Waals surface area contributed by atoms with Crippen molar-refractivity contribution in [1.82, 2.24) is 9.55 Å². The largest absolute Gasteiger partial charge is 0.394 e. The minimum absolute atomic E-state index is 0.0882. The van der Waals surface area contributed by atoms with E-state index in [9.17, 15) is 29.6 Å². The average Bonchev–Trinajstić information content (AvgIpc) is 2.51. The van der Waals surface area contributed by atoms with Crippen molar-refractivity contribution >= 4 is 5.82 Å². The Kier molecular flexibility index (Phi) is 4.49. The van der Waals surface area contributed by atoms with Gasteiger partial charge in [-0.15, -0.1) is 0 Å². The molecule has 0 unspecified atom stereocenters. The first-order valence-corrected chi connectivity index (χ1v) is 6.54. The van der Waals surface area contributed by atoms with Crippen LogP contribution in [0.3, 0.4) is 0 Å². The summed E-state index contributed by atoms with van der Waals surface area (Å²) in [6.07, 6.45) is -7.73. The molecule has 0 radical (unpaired) electrons. The van der Waals surface area contributed by atoms with Crippen LogP contribution in [0.15, 0.2) is 17.1 Å². The first-order valence-electron chi connectivity index (χ1n) is 6.54. The Balaban J connectivity index is 2.53. The third-order valence-electron chi connectivity index (χ3n) is 3.70. The number of nitrogens with two attached hydrogens (primary N) is 1. The summed E-state index contributed by atoms with van der Waals surface area (Å²) in [5.41, 5.74) is 1.76. The average molecular weight is 319 g/mol. The molecule has 0 bridgehead atoms. The van der Waals surface area contributed by atoms with Crippen molar-refractivity contribution in [2.45, 2.75) is 43.2 Å². The lowest BCUT2D eigenvalue weighted by atomic mass is 9.92. The third-order valence-corrected chi connectivity index (χ3v) is 3.70. The summed E-state index contributed by atoms with van der Waals surface area (Å²) in [5.74, 6) is -0.0882. The molecule has 0 aromatic carbocycles. The monoisotopic (exact) mass is 319 g/mol. The van der Waals surface area contributed by atoms with Crippen molar-refractivity contribution in [1.29, 1.82) is 0 Å². The highest BCUT2D eigenvalue weighted by molar-refractivity contribution is 5.23. The molecular formula is C12H18FN3O6. The van der Waals surface area contributed by atoms with E-state index in [-0.39, 0.29) is 5.82 Å². The molecule has 6 N–H and O–H groups in total. The Morgan fingerprint density at radius 3 is 2.64 bits per heavy atom. The summed E-state index contributed by atoms with van der Waals surface area (Å²) < 4.78 is 20.9. The minimum Gasteiger partial charge on any atom is -0.394 e. The topological polar surface area (TPSA) is 151 Å². The van der Waals surface area contributed by atoms with Gasteiger partial charge in [-0.25, -0.2) is 9.18 Å². The molecule has 0 amide bonds. The fourth-order valence-corrected chi connectivity index (χ4v) is 2.36. The lowest BCUT2D eigenvalue weighted by Gasteiger charge is -2.33. The second-order valence-electron chi connectivity index (χ2n) is 5.33. The van der Waals surface area contributed by atoms with Gasteiger partial charge in [0.25, 0.3) is 0 Å². The van der Waals surface area contributed by atoms with Crippen LogP contribution in [-0.2, 0) is 4.74 Å². The summed E-state index contributed by atoms with van der Waals surface area (Å²) in [4.78, 5) is 15.3. The summed E-state index contributed by atoms with van der Waals surface area (Å²) in [6, 6.07) is 1.22. The predicted molar refractivity (Wildman–Crippen MR) is 71.4 cm³/mol. The van der Waals surface area contributed by atoms with Gasteiger partial charge in [0.2, 0.25) is 0 Å². The standard InChI is InChI=1S/C12H18FN3O6/c1-12(13)9(20)8(19)7(18)5(4-17)22-10(12)16-3-2-6(14)15-11(16)21/h2-3,5,7-10,17-20H,4H2,1H3,(H2,14,15,21)/t5-,7-,8-,9-,10-,12-/m1/s1. The van der Waals surface area contributed by atoms with Crippen LogP contribution in [0.5, 0.6) is 0 Å². The highest BCUT2D eigenvalue weighted by Gasteiger charge is 2.54. The van der Waals surface area contributed by atoms with Gasteiger partial charge in [-0.3, -0.25) is 4.57 Å². The highest BCUT2D eigenvalue weighted by atomic mass is 19.1. The van der Waals surface area contributed by atoms with Crippen LogP contribution in [0.2, 0.25) is 0 Å². The normalized spacial score (nSPS) is 39.5. The fourth-order valence-electron chi connectivity index (χ4n) is 2.36. The zero-order valence-corrected chi connectivity index (χ0v) is 11.7. The van der Waals surface area contributed by atoms with E-state index in [0.29, 0.717) is 0 Å². The van der Waals surface area contributed by atoms with Crippen molar-refractivity contribution in [3.63, 3.8) is 0 Å². The van der Waals surface area contributed by atoms with E-state index in [1.54, 1.807) is 0 Å². The number of hydrogen-bond donors (Lipinski definition) is 5. The molecule has 22 heavy (non-hydrogen) atoms. The molecule has 1 aromatic heterocycles. The number of hydrogen-bond acceptors (Lipinski definition) is 8. The van der Waals surface area contributed by atoms with Crippen molar-refractivity contribution in [2.24, 2.45) is 0 Å². The summed E-state index contributed by atoms with van der Waals surface area (Å²) in [6.45, 7) is 0.148. The van der Waals surface area contributed by atoms with Gasteiger partial charge >= 0.3 is 5.69 Å². The van der Waals surface area contributed by atoms with Gasteiger partial charge < -0.3 is 30.9 Å². The summed E-state index contributed by atoms with van der Waals surface area (Å²) >= 11 is 0. The quantitative estimate of drug-likeness (QED) is 0.402. The molecule has 124 valence electrons. The lowest BCUT2D eigenvalue weighted by molar-refractivity contribution is -0.167. The number of aromatic nitrogens is 2. The smallest absolute Gasteiger partial charge is 0.351 e. The van der Waals surface area contributed by atoms with Crippen molar-refractivity contribution in [2.75, 3.05) is 12.3 Å². The molecule has 2 heterocycles. The number of anilines is 1. The molecule has 0 saturated carbocycles. The fraction of sp³-hybridized carbons (Fsp3) is 0.667. The molecule has 1 aromatic rings. The number of aliphatic hydroxyl groups is 4. The Bertz CT molecular complexity index is 594. The van der Waals surface area contributed by atoms with E-state index in [4.69, 9.17) is 10.5 Å². The zero-order chi connectivity index (χ0) is 16.7. The van der Waals surface area contributed by atoms with Gasteiger partial charge in [-0.1, -0.05) is 0 Å². The summed E-state index contributed by atoms with van der Waals surface area (Å²) in [5, 5.41) is 38.8. The second-order valence-corrected chi connectivity index (χ2v) is 5.33. The van der Waals surface area contributed by atoms with Crippen LogP contribution in [0.25, 0.3) is 0 Å². The van der Waals surface area contributed by atoms with E-state index >= 15 is 0 Å². The first kappa shape index (κ1) is 16.8. The molecule has 9 nitrogen and oxygen atoms in total. The van der Waals surface area contributed by atoms with Gasteiger partial charge in [0.05, 0.1) is 6.61 Å². The van der Waals surface area contributed by atoms with Gasteiger partial charge in [0, 0.05) is 6.20 Å². The molecule has 0 spiro atoms. The maximum Gasteiger partial charge on any atom is 0.351 e. The van der Waals surface area contributed by atoms with Crippen LogP contribution in [-0.4, -0.2) is 66.7 Å². The van der Waals surface area contributed by atoms with Gasteiger partial charge in [0.15, 0.2) is 11.9 Å². The summed E-state index contributed by atoms with van der Waals surface area (Å²) in [7, 11) is 0. The minimum atomic E-state index is -2.65. The first-order chi connectivity index (χ1) is 10.2. The molecule has 1 aliphatic rings. The molecule has 1 saturated heterocycles. The van der Waals surface area contributed by atoms with Crippen molar-refractivity contribution in [3.05, 3.63) is 22.7 Å². The third kappa shape index (κ3) is 2.71. The van der Waals surface area contributed by atoms with Gasteiger partial charge in [-0.2, -0.15) is 4.98 Å². The van der Waals surface area contributed by atoms with E-state index in [1.165, 1.54) is 6.07 Å². The Hall–Kier alpha value is -1.59. The molecule has 0 aliphatic carbocycles. The number of rotatable bonds is 2. The number of alkyl halides is 1. The van der Waals surface area contributed by atoms with E-state index in [0.717, 1.165) is 17.7 Å².